The molecule has 0 aliphatic rings. The van der Waals surface area contributed by atoms with E-state index < -0.39 is 0 Å². The third-order valence-corrected chi connectivity index (χ3v) is 3.41. The molecule has 0 spiro atoms. The van der Waals surface area contributed by atoms with Crippen LogP contribution in [0.3, 0.4) is 0 Å². The van der Waals surface area contributed by atoms with Crippen molar-refractivity contribution in [3.63, 3.8) is 0 Å². The number of aromatic amines is 1. The summed E-state index contributed by atoms with van der Waals surface area (Å²) in [5, 5.41) is 6.50. The van der Waals surface area contributed by atoms with Crippen LogP contribution in [0.2, 0.25) is 0 Å². The molecule has 0 saturated carbocycles. The van der Waals surface area contributed by atoms with E-state index in [0.717, 1.165) is 14.6 Å². The number of halogens is 2. The molecule has 0 atom stereocenters. The zero-order valence-electron chi connectivity index (χ0n) is 7.37. The Balaban J connectivity index is 2.80. The van der Waals surface area contributed by atoms with E-state index in [1.165, 1.54) is 0 Å². The van der Waals surface area contributed by atoms with Crippen LogP contribution in [0.1, 0.15) is 0 Å². The summed E-state index contributed by atoms with van der Waals surface area (Å²) in [6.45, 7) is 0. The predicted octanol–water partition coefficient (Wildman–Crippen LogP) is 3.04. The largest absolute Gasteiger partial charge is 0.368 e. The lowest BCUT2D eigenvalue weighted by molar-refractivity contribution is 1.03. The fourth-order valence-corrected chi connectivity index (χ4v) is 2.81. The minimum atomic E-state index is 0.326. The van der Waals surface area contributed by atoms with Gasteiger partial charge in [0, 0.05) is 8.95 Å². The van der Waals surface area contributed by atoms with E-state index in [2.05, 4.69) is 42.1 Å². The third-order valence-electron chi connectivity index (χ3n) is 1.86. The molecule has 0 saturated heterocycles. The topological polar surface area (TPSA) is 59.6 Å². The second-order valence-electron chi connectivity index (χ2n) is 2.79. The van der Waals surface area contributed by atoms with E-state index in [9.17, 15) is 0 Å². The molecular weight excluding hydrogens is 344 g/mol. The molecule has 1 aromatic carbocycles. The van der Waals surface area contributed by atoms with Crippen LogP contribution in [0.4, 0.5) is 5.95 Å². The van der Waals surface area contributed by atoms with Crippen molar-refractivity contribution in [2.24, 2.45) is 0 Å². The number of nitrogens with two attached hydrogens (primary N) is 1. The Kier molecular flexibility index (Phi) is 2.94. The van der Waals surface area contributed by atoms with Gasteiger partial charge in [0.2, 0.25) is 10.7 Å². The van der Waals surface area contributed by atoms with E-state index in [1.54, 1.807) is 4.57 Å². The second kappa shape index (κ2) is 4.07. The Morgan fingerprint density at radius 2 is 1.93 bits per heavy atom. The summed E-state index contributed by atoms with van der Waals surface area (Å²) in [5.74, 6) is 0.326. The van der Waals surface area contributed by atoms with E-state index >= 15 is 0 Å². The Bertz CT molecular complexity index is 540. The summed E-state index contributed by atoms with van der Waals surface area (Å²) in [6, 6.07) is 5.74. The van der Waals surface area contributed by atoms with Gasteiger partial charge < -0.3 is 5.73 Å². The molecule has 0 bridgehead atoms. The molecule has 1 aromatic heterocycles. The van der Waals surface area contributed by atoms with Gasteiger partial charge in [-0.1, -0.05) is 6.07 Å². The predicted molar refractivity (Wildman–Crippen MR) is 68.6 cm³/mol. The molecule has 2 aromatic rings. The highest BCUT2D eigenvalue weighted by molar-refractivity contribution is 9.11. The first-order chi connectivity index (χ1) is 7.11. The summed E-state index contributed by atoms with van der Waals surface area (Å²) in [5.41, 5.74) is 6.56. The van der Waals surface area contributed by atoms with Gasteiger partial charge >= 0.3 is 0 Å². The minimum absolute atomic E-state index is 0.326. The summed E-state index contributed by atoms with van der Waals surface area (Å²) < 4.78 is 3.89. The number of anilines is 1. The van der Waals surface area contributed by atoms with E-state index in [4.69, 9.17) is 18.0 Å². The third kappa shape index (κ3) is 1.86. The number of hydrogen-bond acceptors (Lipinski definition) is 3. The van der Waals surface area contributed by atoms with Crippen molar-refractivity contribution in [2.75, 3.05) is 5.73 Å². The maximum atomic E-state index is 5.72. The first-order valence-electron chi connectivity index (χ1n) is 3.98. The molecule has 0 amide bonds. The first-order valence-corrected chi connectivity index (χ1v) is 5.98. The molecule has 0 aliphatic heterocycles. The van der Waals surface area contributed by atoms with Gasteiger partial charge in [0.1, 0.15) is 0 Å². The molecular formula is C8H6Br2N4S. The quantitative estimate of drug-likeness (QED) is 0.778. The normalized spacial score (nSPS) is 10.5. The number of hydrogen-bond donors (Lipinski definition) is 2. The molecule has 0 radical (unpaired) electrons. The van der Waals surface area contributed by atoms with Crippen molar-refractivity contribution in [3.05, 3.63) is 31.9 Å². The van der Waals surface area contributed by atoms with Crippen molar-refractivity contribution < 1.29 is 0 Å². The van der Waals surface area contributed by atoms with Crippen molar-refractivity contribution >= 4 is 50.0 Å². The van der Waals surface area contributed by atoms with Crippen LogP contribution in [0.5, 0.6) is 0 Å². The maximum Gasteiger partial charge on any atom is 0.225 e. The van der Waals surface area contributed by atoms with Crippen LogP contribution in [0, 0.1) is 4.77 Å². The van der Waals surface area contributed by atoms with Gasteiger partial charge in [-0.15, -0.1) is 5.10 Å². The average molecular weight is 350 g/mol. The number of aromatic nitrogens is 3. The lowest BCUT2D eigenvalue weighted by Crippen LogP contribution is -2.02. The Morgan fingerprint density at radius 3 is 2.40 bits per heavy atom. The minimum Gasteiger partial charge on any atom is -0.368 e. The lowest BCUT2D eigenvalue weighted by atomic mass is 10.3. The number of rotatable bonds is 1. The van der Waals surface area contributed by atoms with E-state index in [1.807, 2.05) is 18.2 Å². The number of benzene rings is 1. The maximum absolute atomic E-state index is 5.72. The second-order valence-corrected chi connectivity index (χ2v) is 4.89. The molecule has 0 unspecified atom stereocenters. The van der Waals surface area contributed by atoms with Gasteiger partial charge in [-0.3, -0.25) is 4.57 Å². The molecule has 7 heteroatoms. The van der Waals surface area contributed by atoms with E-state index in [-0.39, 0.29) is 0 Å². The molecule has 4 nitrogen and oxygen atoms in total. The number of para-hydroxylation sites is 1. The molecule has 2 rings (SSSR count). The summed E-state index contributed by atoms with van der Waals surface area (Å²) >= 11 is 12.0. The van der Waals surface area contributed by atoms with Crippen LogP contribution in [0.15, 0.2) is 27.1 Å². The highest BCUT2D eigenvalue weighted by atomic mass is 79.9. The van der Waals surface area contributed by atoms with Gasteiger partial charge in [0.25, 0.3) is 0 Å². The van der Waals surface area contributed by atoms with Crippen molar-refractivity contribution in [2.45, 2.75) is 0 Å². The highest BCUT2D eigenvalue weighted by Crippen LogP contribution is 2.30. The highest BCUT2D eigenvalue weighted by Gasteiger charge is 2.11. The van der Waals surface area contributed by atoms with Crippen LogP contribution < -0.4 is 5.73 Å². The van der Waals surface area contributed by atoms with Crippen LogP contribution in [0.25, 0.3) is 5.69 Å². The Morgan fingerprint density at radius 1 is 1.33 bits per heavy atom. The standard InChI is InChI=1S/C8H6Br2N4S/c9-4-2-1-3-5(10)6(4)14-7(11)12-13-8(14)15/h1-3H,(H2,11,12)(H,13,15). The molecule has 0 fully saturated rings. The van der Waals surface area contributed by atoms with Crippen LogP contribution >= 0.6 is 44.1 Å². The van der Waals surface area contributed by atoms with Gasteiger partial charge in [-0.2, -0.15) is 0 Å². The molecule has 15 heavy (non-hydrogen) atoms. The Hall–Kier alpha value is -0.660. The van der Waals surface area contributed by atoms with Crippen molar-refractivity contribution in [1.82, 2.24) is 14.8 Å². The van der Waals surface area contributed by atoms with Gasteiger partial charge in [-0.05, 0) is 56.2 Å². The molecule has 78 valence electrons. The first kappa shape index (κ1) is 10.8. The number of nitrogens with one attached hydrogen (secondary N) is 1. The average Bonchev–Trinajstić information content (AvgIpc) is 2.49. The van der Waals surface area contributed by atoms with E-state index in [0.29, 0.717) is 10.7 Å². The fraction of sp³-hybridized carbons (Fsp3) is 0. The summed E-state index contributed by atoms with van der Waals surface area (Å²) in [6.07, 6.45) is 0. The molecule has 3 N–H and O–H groups in total. The zero-order chi connectivity index (χ0) is 11.0. The SMILES string of the molecule is Nc1n[nH]c(=S)n1-c1c(Br)cccc1Br. The van der Waals surface area contributed by atoms with Gasteiger partial charge in [0.05, 0.1) is 5.69 Å². The number of nitrogen functional groups attached to an aromatic ring is 1. The Labute approximate surface area is 108 Å². The monoisotopic (exact) mass is 348 g/mol. The molecule has 1 heterocycles. The summed E-state index contributed by atoms with van der Waals surface area (Å²) in [4.78, 5) is 0. The lowest BCUT2D eigenvalue weighted by Gasteiger charge is -2.08. The zero-order valence-corrected chi connectivity index (χ0v) is 11.4. The molecule has 0 aliphatic carbocycles. The number of nitrogens with zero attached hydrogens (tertiary/aromatic N) is 2. The van der Waals surface area contributed by atoms with Crippen LogP contribution in [-0.2, 0) is 0 Å². The van der Waals surface area contributed by atoms with Crippen molar-refractivity contribution in [1.29, 1.82) is 0 Å². The van der Waals surface area contributed by atoms with Gasteiger partial charge in [-0.25, -0.2) is 5.10 Å². The van der Waals surface area contributed by atoms with Crippen LogP contribution in [-0.4, -0.2) is 14.8 Å². The van der Waals surface area contributed by atoms with Gasteiger partial charge in [0.15, 0.2) is 0 Å². The number of H-pyrrole nitrogens is 1. The smallest absolute Gasteiger partial charge is 0.225 e. The fourth-order valence-electron chi connectivity index (χ4n) is 1.23. The summed E-state index contributed by atoms with van der Waals surface area (Å²) in [7, 11) is 0. The van der Waals surface area contributed by atoms with Crippen molar-refractivity contribution in [3.8, 4) is 5.69 Å².